The summed E-state index contributed by atoms with van der Waals surface area (Å²) in [6.45, 7) is 2.19. The highest BCUT2D eigenvalue weighted by atomic mass is 35.5. The summed E-state index contributed by atoms with van der Waals surface area (Å²) in [6.07, 6.45) is 1.77. The Morgan fingerprint density at radius 1 is 1.16 bits per heavy atom. The zero-order valence-corrected chi connectivity index (χ0v) is 17.2. The summed E-state index contributed by atoms with van der Waals surface area (Å²) < 4.78 is 17.9. The molecule has 0 saturated carbocycles. The monoisotopic (exact) mass is 436 g/mol. The molecule has 5 rings (SSSR count). The molecule has 1 N–H and O–H groups in total. The van der Waals surface area contributed by atoms with Gasteiger partial charge in [-0.05, 0) is 55.0 Å². The van der Waals surface area contributed by atoms with Gasteiger partial charge >= 0.3 is 0 Å². The van der Waals surface area contributed by atoms with E-state index in [9.17, 15) is 4.79 Å². The Hall–Kier alpha value is -3.78. The number of aromatic nitrogens is 3. The standard InChI is InChI=1S/C22H17ClN4O4/c1-13-4-6-16(15(23)9-13)24-20(28)11-27-8-2-3-17(27)22-25-21(26-31-22)14-5-7-18-19(10-14)30-12-29-18/h2-10H,11-12H2,1H3,(H,24,28). The van der Waals surface area contributed by atoms with Crippen LogP contribution in [0.2, 0.25) is 5.02 Å². The number of nitrogens with one attached hydrogen (secondary N) is 1. The molecule has 4 aromatic rings. The molecule has 9 heteroatoms. The van der Waals surface area contributed by atoms with Gasteiger partial charge in [-0.3, -0.25) is 4.79 Å². The van der Waals surface area contributed by atoms with Crippen molar-refractivity contribution in [2.45, 2.75) is 13.5 Å². The lowest BCUT2D eigenvalue weighted by Crippen LogP contribution is -2.19. The molecular weight excluding hydrogens is 420 g/mol. The van der Waals surface area contributed by atoms with E-state index in [4.69, 9.17) is 25.6 Å². The normalized spacial score (nSPS) is 12.2. The van der Waals surface area contributed by atoms with E-state index in [1.54, 1.807) is 35.0 Å². The SMILES string of the molecule is Cc1ccc(NC(=O)Cn2cccc2-c2nc(-c3ccc4c(c3)OCO4)no2)c(Cl)c1. The largest absolute Gasteiger partial charge is 0.454 e. The summed E-state index contributed by atoms with van der Waals surface area (Å²) in [5.41, 5.74) is 2.95. The van der Waals surface area contributed by atoms with E-state index in [0.29, 0.717) is 39.6 Å². The van der Waals surface area contributed by atoms with Crippen LogP contribution in [-0.2, 0) is 11.3 Å². The molecule has 0 fully saturated rings. The summed E-state index contributed by atoms with van der Waals surface area (Å²) >= 11 is 6.21. The Bertz CT molecular complexity index is 1280. The smallest absolute Gasteiger partial charge is 0.274 e. The number of anilines is 1. The molecule has 0 aliphatic carbocycles. The summed E-state index contributed by atoms with van der Waals surface area (Å²) in [5, 5.41) is 7.38. The third kappa shape index (κ3) is 3.85. The van der Waals surface area contributed by atoms with Gasteiger partial charge in [0.2, 0.25) is 18.5 Å². The number of ether oxygens (including phenoxy) is 2. The van der Waals surface area contributed by atoms with Crippen molar-refractivity contribution in [3.8, 4) is 34.5 Å². The maximum absolute atomic E-state index is 12.6. The van der Waals surface area contributed by atoms with Gasteiger partial charge in [0.25, 0.3) is 5.89 Å². The van der Waals surface area contributed by atoms with Gasteiger partial charge in [-0.2, -0.15) is 4.98 Å². The Morgan fingerprint density at radius 3 is 2.90 bits per heavy atom. The number of benzene rings is 2. The van der Waals surface area contributed by atoms with E-state index < -0.39 is 0 Å². The molecule has 2 aromatic heterocycles. The predicted molar refractivity (Wildman–Crippen MR) is 114 cm³/mol. The van der Waals surface area contributed by atoms with Crippen LogP contribution in [0.3, 0.4) is 0 Å². The van der Waals surface area contributed by atoms with E-state index in [-0.39, 0.29) is 19.2 Å². The lowest BCUT2D eigenvalue weighted by molar-refractivity contribution is -0.116. The van der Waals surface area contributed by atoms with Gasteiger partial charge in [-0.1, -0.05) is 22.8 Å². The van der Waals surface area contributed by atoms with E-state index in [2.05, 4.69) is 15.5 Å². The molecule has 0 atom stereocenters. The molecule has 1 aliphatic heterocycles. The first-order valence-electron chi connectivity index (χ1n) is 9.52. The van der Waals surface area contributed by atoms with Crippen LogP contribution in [0.15, 0.2) is 59.3 Å². The Balaban J connectivity index is 1.34. The number of aryl methyl sites for hydroxylation is 1. The molecule has 0 bridgehead atoms. The Kier molecular flexibility index (Phi) is 4.83. The minimum absolute atomic E-state index is 0.0638. The molecule has 1 amide bonds. The molecule has 0 unspecified atom stereocenters. The van der Waals surface area contributed by atoms with Crippen molar-refractivity contribution in [2.75, 3.05) is 12.1 Å². The third-order valence-electron chi connectivity index (χ3n) is 4.82. The second kappa shape index (κ2) is 7.81. The van der Waals surface area contributed by atoms with E-state index >= 15 is 0 Å². The maximum Gasteiger partial charge on any atom is 0.274 e. The van der Waals surface area contributed by atoms with Crippen LogP contribution in [0.4, 0.5) is 5.69 Å². The molecule has 0 saturated heterocycles. The van der Waals surface area contributed by atoms with Crippen LogP contribution in [0.1, 0.15) is 5.56 Å². The summed E-state index contributed by atoms with van der Waals surface area (Å²) in [7, 11) is 0. The molecular formula is C22H17ClN4O4. The number of halogens is 1. The number of hydrogen-bond donors (Lipinski definition) is 1. The van der Waals surface area contributed by atoms with Crippen molar-refractivity contribution >= 4 is 23.2 Å². The summed E-state index contributed by atoms with van der Waals surface area (Å²) in [4.78, 5) is 17.0. The molecule has 0 spiro atoms. The van der Waals surface area contributed by atoms with Crippen molar-refractivity contribution in [3.63, 3.8) is 0 Å². The van der Waals surface area contributed by atoms with Crippen LogP contribution in [0, 0.1) is 6.92 Å². The number of carbonyl (C=O) groups is 1. The predicted octanol–water partition coefficient (Wildman–Crippen LogP) is 4.53. The van der Waals surface area contributed by atoms with Crippen LogP contribution in [0.5, 0.6) is 11.5 Å². The van der Waals surface area contributed by atoms with Gasteiger partial charge in [0, 0.05) is 11.8 Å². The van der Waals surface area contributed by atoms with Crippen molar-refractivity contribution < 1.29 is 18.8 Å². The first-order valence-corrected chi connectivity index (χ1v) is 9.90. The van der Waals surface area contributed by atoms with Gasteiger partial charge in [-0.25, -0.2) is 0 Å². The number of hydrogen-bond acceptors (Lipinski definition) is 6. The van der Waals surface area contributed by atoms with Gasteiger partial charge in [0.05, 0.1) is 10.7 Å². The highest BCUT2D eigenvalue weighted by Gasteiger charge is 2.19. The molecule has 1 aliphatic rings. The van der Waals surface area contributed by atoms with Gasteiger partial charge < -0.3 is 23.9 Å². The molecule has 0 radical (unpaired) electrons. The highest BCUT2D eigenvalue weighted by Crippen LogP contribution is 2.35. The summed E-state index contributed by atoms with van der Waals surface area (Å²) in [6, 6.07) is 14.5. The lowest BCUT2D eigenvalue weighted by Gasteiger charge is -2.10. The first kappa shape index (κ1) is 19.2. The Morgan fingerprint density at radius 2 is 2.03 bits per heavy atom. The zero-order valence-electron chi connectivity index (χ0n) is 16.5. The second-order valence-electron chi connectivity index (χ2n) is 7.04. The topological polar surface area (TPSA) is 91.4 Å². The quantitative estimate of drug-likeness (QED) is 0.494. The fourth-order valence-electron chi connectivity index (χ4n) is 3.29. The number of nitrogens with zero attached hydrogens (tertiary/aromatic N) is 3. The van der Waals surface area contributed by atoms with Gasteiger partial charge in [0.15, 0.2) is 11.5 Å². The highest BCUT2D eigenvalue weighted by molar-refractivity contribution is 6.33. The van der Waals surface area contributed by atoms with Crippen molar-refractivity contribution in [1.29, 1.82) is 0 Å². The van der Waals surface area contributed by atoms with Gasteiger partial charge in [-0.15, -0.1) is 0 Å². The Labute approximate surface area is 182 Å². The average molecular weight is 437 g/mol. The number of rotatable bonds is 5. The molecule has 2 aromatic carbocycles. The number of amides is 1. The third-order valence-corrected chi connectivity index (χ3v) is 5.13. The number of carbonyl (C=O) groups excluding carboxylic acids is 1. The van der Waals surface area contributed by atoms with Crippen molar-refractivity contribution in [3.05, 3.63) is 65.3 Å². The molecule has 31 heavy (non-hydrogen) atoms. The fourth-order valence-corrected chi connectivity index (χ4v) is 3.57. The van der Waals surface area contributed by atoms with E-state index in [1.807, 2.05) is 31.2 Å². The van der Waals surface area contributed by atoms with Crippen molar-refractivity contribution in [1.82, 2.24) is 14.7 Å². The molecule has 156 valence electrons. The average Bonchev–Trinajstić information content (AvgIpc) is 3.49. The minimum Gasteiger partial charge on any atom is -0.454 e. The van der Waals surface area contributed by atoms with E-state index in [0.717, 1.165) is 11.1 Å². The molecule has 8 nitrogen and oxygen atoms in total. The fraction of sp³-hybridized carbons (Fsp3) is 0.136. The van der Waals surface area contributed by atoms with Gasteiger partial charge in [0.1, 0.15) is 12.2 Å². The minimum atomic E-state index is -0.223. The first-order chi connectivity index (χ1) is 15.1. The van der Waals surface area contributed by atoms with Crippen LogP contribution >= 0.6 is 11.6 Å². The van der Waals surface area contributed by atoms with Crippen molar-refractivity contribution in [2.24, 2.45) is 0 Å². The second-order valence-corrected chi connectivity index (χ2v) is 7.45. The maximum atomic E-state index is 12.6. The molecule has 3 heterocycles. The lowest BCUT2D eigenvalue weighted by atomic mass is 10.2. The summed E-state index contributed by atoms with van der Waals surface area (Å²) in [5.74, 6) is 1.81. The van der Waals surface area contributed by atoms with Crippen LogP contribution < -0.4 is 14.8 Å². The zero-order chi connectivity index (χ0) is 21.4. The van der Waals surface area contributed by atoms with Crippen LogP contribution in [0.25, 0.3) is 23.0 Å². The van der Waals surface area contributed by atoms with Crippen LogP contribution in [-0.4, -0.2) is 27.4 Å². The number of fused-ring (bicyclic) bond motifs is 1. The van der Waals surface area contributed by atoms with E-state index in [1.165, 1.54) is 0 Å².